The van der Waals surface area contributed by atoms with Gasteiger partial charge in [-0.05, 0) is 18.2 Å². The van der Waals surface area contributed by atoms with Gasteiger partial charge in [0.25, 0.3) is 10.8 Å². The van der Waals surface area contributed by atoms with Gasteiger partial charge in [0, 0.05) is 29.9 Å². The number of nitrogens with zero attached hydrogens (tertiary/aromatic N) is 3. The number of hydrogen-bond acceptors (Lipinski definition) is 6. The molecule has 21 heavy (non-hydrogen) atoms. The van der Waals surface area contributed by atoms with E-state index in [0.29, 0.717) is 11.0 Å². The number of nitro groups is 1. The van der Waals surface area contributed by atoms with E-state index in [-0.39, 0.29) is 15.7 Å². The molecule has 0 amide bonds. The molecular formula is C12H8N4O4S. The monoisotopic (exact) mass is 304 g/mol. The third kappa shape index (κ3) is 2.23. The van der Waals surface area contributed by atoms with Crippen molar-refractivity contribution in [1.29, 1.82) is 0 Å². The van der Waals surface area contributed by atoms with E-state index in [1.807, 2.05) is 0 Å². The fourth-order valence-electron chi connectivity index (χ4n) is 1.80. The molecule has 3 aromatic rings. The average molecular weight is 304 g/mol. The Balaban J connectivity index is 2.08. The van der Waals surface area contributed by atoms with E-state index in [0.717, 1.165) is 24.3 Å². The van der Waals surface area contributed by atoms with Crippen LogP contribution < -0.4 is 0 Å². The zero-order valence-electron chi connectivity index (χ0n) is 10.4. The predicted molar refractivity (Wildman–Crippen MR) is 72.4 cm³/mol. The van der Waals surface area contributed by atoms with Gasteiger partial charge in [0.05, 0.1) is 9.82 Å². The maximum absolute atomic E-state index is 12.4. The first kappa shape index (κ1) is 13.2. The Morgan fingerprint density at radius 1 is 1.14 bits per heavy atom. The summed E-state index contributed by atoms with van der Waals surface area (Å²) in [6.45, 7) is 0. The van der Waals surface area contributed by atoms with Gasteiger partial charge in [0.15, 0.2) is 0 Å². The van der Waals surface area contributed by atoms with Gasteiger partial charge < -0.3 is 4.98 Å². The molecule has 0 bridgehead atoms. The lowest BCUT2D eigenvalue weighted by molar-refractivity contribution is -0.384. The second-order valence-corrected chi connectivity index (χ2v) is 6.03. The molecule has 0 saturated heterocycles. The maximum Gasteiger partial charge on any atom is 0.269 e. The highest BCUT2D eigenvalue weighted by Crippen LogP contribution is 2.21. The summed E-state index contributed by atoms with van der Waals surface area (Å²) in [4.78, 5) is 20.5. The Morgan fingerprint density at radius 2 is 1.86 bits per heavy atom. The molecule has 3 rings (SSSR count). The molecule has 0 fully saturated rings. The van der Waals surface area contributed by atoms with Crippen LogP contribution in [0.15, 0.2) is 52.8 Å². The van der Waals surface area contributed by atoms with Crippen LogP contribution in [0, 0.1) is 10.1 Å². The fraction of sp³-hybridized carbons (Fsp3) is 0. The number of hydrogen-bond donors (Lipinski definition) is 1. The quantitative estimate of drug-likeness (QED) is 0.447. The van der Waals surface area contributed by atoms with Gasteiger partial charge in [0.2, 0.25) is 9.84 Å². The molecule has 2 heterocycles. The summed E-state index contributed by atoms with van der Waals surface area (Å²) in [7, 11) is -3.92. The standard InChI is InChI=1S/C12H8N4O4S/c17-16(18)9-1-3-10(4-2-9)21(19,20)12-14-7-8-5-6-13-11(8)15-12/h1-7H,(H,13,14,15). The first-order valence-corrected chi connectivity index (χ1v) is 7.26. The van der Waals surface area contributed by atoms with Crippen LogP contribution in [0.25, 0.3) is 11.0 Å². The van der Waals surface area contributed by atoms with E-state index in [2.05, 4.69) is 15.0 Å². The van der Waals surface area contributed by atoms with E-state index < -0.39 is 14.8 Å². The number of nitrogens with one attached hydrogen (secondary N) is 1. The van der Waals surface area contributed by atoms with Gasteiger partial charge in [-0.3, -0.25) is 10.1 Å². The first-order chi connectivity index (χ1) is 9.98. The largest absolute Gasteiger partial charge is 0.346 e. The Kier molecular flexibility index (Phi) is 2.91. The normalized spacial score (nSPS) is 11.6. The highest BCUT2D eigenvalue weighted by Gasteiger charge is 2.22. The molecule has 0 spiro atoms. The summed E-state index contributed by atoms with van der Waals surface area (Å²) in [5.74, 6) is 0. The van der Waals surface area contributed by atoms with Crippen molar-refractivity contribution in [2.24, 2.45) is 0 Å². The van der Waals surface area contributed by atoms with Crippen LogP contribution in [0.2, 0.25) is 0 Å². The zero-order valence-corrected chi connectivity index (χ0v) is 11.2. The van der Waals surface area contributed by atoms with E-state index in [1.54, 1.807) is 12.3 Å². The average Bonchev–Trinajstić information content (AvgIpc) is 2.94. The van der Waals surface area contributed by atoms with Crippen molar-refractivity contribution in [2.75, 3.05) is 0 Å². The van der Waals surface area contributed by atoms with E-state index >= 15 is 0 Å². The lowest BCUT2D eigenvalue weighted by atomic mass is 10.3. The van der Waals surface area contributed by atoms with Crippen LogP contribution in [0.5, 0.6) is 0 Å². The van der Waals surface area contributed by atoms with Gasteiger partial charge >= 0.3 is 0 Å². The molecule has 0 unspecified atom stereocenters. The Morgan fingerprint density at radius 3 is 2.52 bits per heavy atom. The summed E-state index contributed by atoms with van der Waals surface area (Å²) in [6, 6.07) is 6.29. The molecule has 1 N–H and O–H groups in total. The van der Waals surface area contributed by atoms with Crippen molar-refractivity contribution in [1.82, 2.24) is 15.0 Å². The molecule has 8 nitrogen and oxygen atoms in total. The van der Waals surface area contributed by atoms with Gasteiger partial charge in [-0.2, -0.15) is 4.98 Å². The highest BCUT2D eigenvalue weighted by molar-refractivity contribution is 7.91. The summed E-state index contributed by atoms with van der Waals surface area (Å²) in [6.07, 6.45) is 3.03. The van der Waals surface area contributed by atoms with Crippen molar-refractivity contribution < 1.29 is 13.3 Å². The molecule has 0 aliphatic rings. The van der Waals surface area contributed by atoms with Crippen LogP contribution in [0.3, 0.4) is 0 Å². The minimum Gasteiger partial charge on any atom is -0.346 e. The number of aromatic nitrogens is 3. The van der Waals surface area contributed by atoms with Crippen LogP contribution in [-0.4, -0.2) is 28.3 Å². The van der Waals surface area contributed by atoms with Crippen LogP contribution in [0.4, 0.5) is 5.69 Å². The number of benzene rings is 1. The molecule has 0 radical (unpaired) electrons. The number of H-pyrrole nitrogens is 1. The smallest absolute Gasteiger partial charge is 0.269 e. The topological polar surface area (TPSA) is 119 Å². The number of nitro benzene ring substituents is 1. The van der Waals surface area contributed by atoms with E-state index in [9.17, 15) is 18.5 Å². The summed E-state index contributed by atoms with van der Waals surface area (Å²) in [5.41, 5.74) is 0.222. The lowest BCUT2D eigenvalue weighted by Crippen LogP contribution is -2.07. The van der Waals surface area contributed by atoms with Crippen molar-refractivity contribution in [3.05, 3.63) is 52.8 Å². The van der Waals surface area contributed by atoms with Gasteiger partial charge in [-0.1, -0.05) is 0 Å². The number of fused-ring (bicyclic) bond motifs is 1. The molecule has 1 aromatic carbocycles. The molecule has 0 atom stereocenters. The van der Waals surface area contributed by atoms with Crippen molar-refractivity contribution in [3.63, 3.8) is 0 Å². The van der Waals surface area contributed by atoms with Crippen molar-refractivity contribution >= 4 is 26.6 Å². The predicted octanol–water partition coefficient (Wildman–Crippen LogP) is 1.70. The van der Waals surface area contributed by atoms with Crippen molar-refractivity contribution in [2.45, 2.75) is 10.1 Å². The third-order valence-corrected chi connectivity index (χ3v) is 4.45. The maximum atomic E-state index is 12.4. The van der Waals surface area contributed by atoms with E-state index in [1.165, 1.54) is 6.20 Å². The molecule has 0 aliphatic heterocycles. The van der Waals surface area contributed by atoms with Gasteiger partial charge in [-0.25, -0.2) is 13.4 Å². The van der Waals surface area contributed by atoms with Gasteiger partial charge in [-0.15, -0.1) is 0 Å². The summed E-state index contributed by atoms with van der Waals surface area (Å²) >= 11 is 0. The number of rotatable bonds is 3. The van der Waals surface area contributed by atoms with Crippen LogP contribution in [-0.2, 0) is 9.84 Å². The first-order valence-electron chi connectivity index (χ1n) is 5.78. The number of aromatic amines is 1. The van der Waals surface area contributed by atoms with E-state index in [4.69, 9.17) is 0 Å². The lowest BCUT2D eigenvalue weighted by Gasteiger charge is -2.02. The summed E-state index contributed by atoms with van der Waals surface area (Å²) < 4.78 is 24.7. The van der Waals surface area contributed by atoms with Crippen LogP contribution >= 0.6 is 0 Å². The second kappa shape index (κ2) is 4.63. The van der Waals surface area contributed by atoms with Gasteiger partial charge in [0.1, 0.15) is 5.65 Å². The fourth-order valence-corrected chi connectivity index (χ4v) is 2.91. The van der Waals surface area contributed by atoms with Crippen LogP contribution in [0.1, 0.15) is 0 Å². The Bertz CT molecular complexity index is 931. The number of non-ortho nitro benzene ring substituents is 1. The Hall–Kier alpha value is -2.81. The van der Waals surface area contributed by atoms with Crippen molar-refractivity contribution in [3.8, 4) is 0 Å². The molecular weight excluding hydrogens is 296 g/mol. The molecule has 0 saturated carbocycles. The second-order valence-electron chi connectivity index (χ2n) is 4.19. The molecule has 106 valence electrons. The number of sulfone groups is 1. The minimum atomic E-state index is -3.92. The SMILES string of the molecule is O=[N+]([O-])c1ccc(S(=O)(=O)c2ncc3cc[nH]c3n2)cc1. The zero-order chi connectivity index (χ0) is 15.0. The molecule has 0 aliphatic carbocycles. The molecule has 2 aromatic heterocycles. The Labute approximate surface area is 118 Å². The molecule has 9 heteroatoms. The minimum absolute atomic E-state index is 0.0981. The highest BCUT2D eigenvalue weighted by atomic mass is 32.2. The summed E-state index contributed by atoms with van der Waals surface area (Å²) in [5, 5.41) is 10.9. The third-order valence-electron chi connectivity index (χ3n) is 2.88.